The lowest BCUT2D eigenvalue weighted by Gasteiger charge is -2.08. The Balaban J connectivity index is 1.49. The van der Waals surface area contributed by atoms with Crippen molar-refractivity contribution in [3.05, 3.63) is 63.3 Å². The fraction of sp³-hybridized carbons (Fsp3) is 0.286. The molecule has 0 saturated carbocycles. The number of anilines is 2. The maximum atomic E-state index is 12.9. The minimum absolute atomic E-state index is 0.115. The minimum atomic E-state index is -0.490. The SMILES string of the molecule is Cc1nn(Cc2ccc(C(=O)Nc3cnn(C)c3C(=O)Nc3cnn(C)c3C)o2)c(C)c1Br. The molecular weight excluding hydrogens is 492 g/mol. The zero-order valence-electron chi connectivity index (χ0n) is 18.8. The van der Waals surface area contributed by atoms with Crippen LogP contribution in [0.2, 0.25) is 0 Å². The smallest absolute Gasteiger partial charge is 0.291 e. The maximum Gasteiger partial charge on any atom is 0.291 e. The van der Waals surface area contributed by atoms with E-state index in [9.17, 15) is 9.59 Å². The van der Waals surface area contributed by atoms with E-state index in [1.165, 1.54) is 10.9 Å². The molecule has 2 amide bonds. The summed E-state index contributed by atoms with van der Waals surface area (Å²) in [5.74, 6) is -0.217. The van der Waals surface area contributed by atoms with Crippen molar-refractivity contribution in [1.82, 2.24) is 29.3 Å². The average molecular weight is 515 g/mol. The van der Waals surface area contributed by atoms with Crippen LogP contribution >= 0.6 is 15.9 Å². The molecule has 12 heteroatoms. The van der Waals surface area contributed by atoms with Gasteiger partial charge in [-0.25, -0.2) is 0 Å². The second-order valence-corrected chi connectivity index (χ2v) is 8.41. The summed E-state index contributed by atoms with van der Waals surface area (Å²) in [5.41, 5.74) is 3.68. The van der Waals surface area contributed by atoms with Gasteiger partial charge < -0.3 is 15.1 Å². The number of carbonyl (C=O) groups excluding carboxylic acids is 2. The van der Waals surface area contributed by atoms with E-state index in [2.05, 4.69) is 41.9 Å². The molecule has 0 aliphatic rings. The molecule has 0 fully saturated rings. The zero-order chi connectivity index (χ0) is 23.9. The molecule has 4 aromatic heterocycles. The van der Waals surface area contributed by atoms with Gasteiger partial charge in [-0.2, -0.15) is 15.3 Å². The molecule has 0 unspecified atom stereocenters. The van der Waals surface area contributed by atoms with Gasteiger partial charge in [0.05, 0.1) is 51.9 Å². The molecule has 0 bridgehead atoms. The summed E-state index contributed by atoms with van der Waals surface area (Å²) in [6, 6.07) is 3.31. The number of nitrogens with one attached hydrogen (secondary N) is 2. The third-order valence-electron chi connectivity index (χ3n) is 5.37. The lowest BCUT2D eigenvalue weighted by Crippen LogP contribution is -2.20. The highest BCUT2D eigenvalue weighted by molar-refractivity contribution is 9.10. The fourth-order valence-electron chi connectivity index (χ4n) is 3.35. The Labute approximate surface area is 197 Å². The maximum absolute atomic E-state index is 12.9. The molecule has 4 heterocycles. The predicted molar refractivity (Wildman–Crippen MR) is 124 cm³/mol. The summed E-state index contributed by atoms with van der Waals surface area (Å²) >= 11 is 3.50. The number of rotatable bonds is 6. The van der Waals surface area contributed by atoms with Crippen LogP contribution in [-0.4, -0.2) is 41.2 Å². The summed E-state index contributed by atoms with van der Waals surface area (Å²) in [6.07, 6.45) is 2.98. The average Bonchev–Trinajstić information content (AvgIpc) is 3.52. The number of nitrogens with zero attached hydrogens (tertiary/aromatic N) is 6. The van der Waals surface area contributed by atoms with Crippen LogP contribution in [0.4, 0.5) is 11.4 Å². The van der Waals surface area contributed by atoms with Gasteiger partial charge in [-0.3, -0.25) is 23.6 Å². The van der Waals surface area contributed by atoms with Gasteiger partial charge in [0, 0.05) is 14.1 Å². The van der Waals surface area contributed by atoms with Crippen LogP contribution in [0.25, 0.3) is 0 Å². The lowest BCUT2D eigenvalue weighted by molar-refractivity contribution is 0.0994. The Hall–Kier alpha value is -3.67. The number of furan rings is 1. The summed E-state index contributed by atoms with van der Waals surface area (Å²) in [6.45, 7) is 6.08. The normalized spacial score (nSPS) is 11.1. The zero-order valence-corrected chi connectivity index (χ0v) is 20.4. The van der Waals surface area contributed by atoms with E-state index in [0.717, 1.165) is 21.6 Å². The van der Waals surface area contributed by atoms with Crippen LogP contribution in [0.3, 0.4) is 0 Å². The first-order chi connectivity index (χ1) is 15.7. The van der Waals surface area contributed by atoms with Gasteiger partial charge in [-0.05, 0) is 48.8 Å². The van der Waals surface area contributed by atoms with Crippen molar-refractivity contribution in [1.29, 1.82) is 0 Å². The number of hydrogen-bond donors (Lipinski definition) is 2. The molecule has 172 valence electrons. The number of hydrogen-bond acceptors (Lipinski definition) is 6. The molecule has 2 N–H and O–H groups in total. The van der Waals surface area contributed by atoms with Gasteiger partial charge in [0.2, 0.25) is 0 Å². The van der Waals surface area contributed by atoms with Gasteiger partial charge in [-0.15, -0.1) is 0 Å². The summed E-state index contributed by atoms with van der Waals surface area (Å²) in [4.78, 5) is 25.7. The Morgan fingerprint density at radius 1 is 0.970 bits per heavy atom. The number of aryl methyl sites for hydroxylation is 3. The Kier molecular flexibility index (Phi) is 5.93. The first-order valence-electron chi connectivity index (χ1n) is 10.1. The van der Waals surface area contributed by atoms with E-state index >= 15 is 0 Å². The van der Waals surface area contributed by atoms with Crippen molar-refractivity contribution in [2.24, 2.45) is 14.1 Å². The van der Waals surface area contributed by atoms with Crippen molar-refractivity contribution in [3.63, 3.8) is 0 Å². The highest BCUT2D eigenvalue weighted by atomic mass is 79.9. The molecule has 0 radical (unpaired) electrons. The molecule has 33 heavy (non-hydrogen) atoms. The Bertz CT molecular complexity index is 1360. The molecule has 0 aliphatic heterocycles. The molecule has 0 spiro atoms. The first kappa shape index (κ1) is 22.5. The van der Waals surface area contributed by atoms with Gasteiger partial charge in [-0.1, -0.05) is 0 Å². The largest absolute Gasteiger partial charge is 0.454 e. The van der Waals surface area contributed by atoms with E-state index in [-0.39, 0.29) is 17.1 Å². The predicted octanol–water partition coefficient (Wildman–Crippen LogP) is 3.18. The lowest BCUT2D eigenvalue weighted by atomic mass is 10.3. The van der Waals surface area contributed by atoms with E-state index in [0.29, 0.717) is 18.0 Å². The molecule has 0 saturated heterocycles. The van der Waals surface area contributed by atoms with E-state index in [1.54, 1.807) is 41.8 Å². The summed E-state index contributed by atoms with van der Waals surface area (Å²) in [5, 5.41) is 18.2. The van der Waals surface area contributed by atoms with E-state index in [4.69, 9.17) is 4.42 Å². The molecule has 0 atom stereocenters. The van der Waals surface area contributed by atoms with Gasteiger partial charge >= 0.3 is 0 Å². The highest BCUT2D eigenvalue weighted by Gasteiger charge is 2.22. The Morgan fingerprint density at radius 3 is 2.27 bits per heavy atom. The second-order valence-electron chi connectivity index (χ2n) is 7.61. The number of halogens is 1. The van der Waals surface area contributed by atoms with Gasteiger partial charge in [0.1, 0.15) is 11.5 Å². The number of aromatic nitrogens is 6. The van der Waals surface area contributed by atoms with E-state index in [1.807, 2.05) is 20.8 Å². The second kappa shape index (κ2) is 8.70. The molecular formula is C21H23BrN8O3. The van der Waals surface area contributed by atoms with Crippen LogP contribution in [0.5, 0.6) is 0 Å². The quantitative estimate of drug-likeness (QED) is 0.407. The van der Waals surface area contributed by atoms with Crippen molar-refractivity contribution in [2.45, 2.75) is 27.3 Å². The first-order valence-corrected chi connectivity index (χ1v) is 10.9. The van der Waals surface area contributed by atoms with Gasteiger partial charge in [0.25, 0.3) is 11.8 Å². The standard InChI is InChI=1S/C21H23BrN8O3/c1-11-18(22)13(3)30(27-11)10-14-6-7-17(33-14)20(31)26-16-9-24-29(5)19(16)21(32)25-15-8-23-28(4)12(15)2/h6-9H,10H2,1-5H3,(H,25,32)(H,26,31). The molecule has 0 aromatic carbocycles. The third-order valence-corrected chi connectivity index (χ3v) is 6.52. The topological polar surface area (TPSA) is 125 Å². The molecule has 4 aromatic rings. The molecule has 0 aliphatic carbocycles. The van der Waals surface area contributed by atoms with Crippen LogP contribution in [-0.2, 0) is 20.6 Å². The van der Waals surface area contributed by atoms with Crippen LogP contribution in [0, 0.1) is 20.8 Å². The molecule has 11 nitrogen and oxygen atoms in total. The van der Waals surface area contributed by atoms with Crippen molar-refractivity contribution < 1.29 is 14.0 Å². The van der Waals surface area contributed by atoms with Crippen LogP contribution in [0.15, 0.2) is 33.4 Å². The number of amides is 2. The van der Waals surface area contributed by atoms with Crippen molar-refractivity contribution in [2.75, 3.05) is 10.6 Å². The van der Waals surface area contributed by atoms with Crippen molar-refractivity contribution in [3.8, 4) is 0 Å². The third kappa shape index (κ3) is 4.33. The number of carbonyl (C=O) groups is 2. The van der Waals surface area contributed by atoms with Crippen molar-refractivity contribution >= 4 is 39.1 Å². The monoisotopic (exact) mass is 514 g/mol. The van der Waals surface area contributed by atoms with Crippen LogP contribution in [0.1, 0.15) is 43.9 Å². The van der Waals surface area contributed by atoms with Gasteiger partial charge in [0.15, 0.2) is 5.76 Å². The minimum Gasteiger partial charge on any atom is -0.454 e. The Morgan fingerprint density at radius 2 is 1.64 bits per heavy atom. The van der Waals surface area contributed by atoms with Crippen LogP contribution < -0.4 is 10.6 Å². The molecule has 4 rings (SSSR count). The van der Waals surface area contributed by atoms with E-state index < -0.39 is 11.8 Å². The summed E-state index contributed by atoms with van der Waals surface area (Å²) in [7, 11) is 3.41. The fourth-order valence-corrected chi connectivity index (χ4v) is 3.63. The summed E-state index contributed by atoms with van der Waals surface area (Å²) < 4.78 is 11.5. The highest BCUT2D eigenvalue weighted by Crippen LogP contribution is 2.22.